The standard InChI is InChI=1S/C15H16BrN3O3/c1-8-9(2)12(6-5-11(8)16)19-14(21)10(7-18(3)4)13(20)17-15(19)22/h5-7H,1-4H3,(H,17,20,22)/b10-7+. The van der Waals surface area contributed by atoms with Gasteiger partial charge in [0.2, 0.25) is 0 Å². The molecule has 1 saturated heterocycles. The van der Waals surface area contributed by atoms with Gasteiger partial charge in [0.05, 0.1) is 5.69 Å². The number of benzene rings is 1. The van der Waals surface area contributed by atoms with Crippen LogP contribution in [0.5, 0.6) is 0 Å². The summed E-state index contributed by atoms with van der Waals surface area (Å²) in [5.41, 5.74) is 2.09. The van der Waals surface area contributed by atoms with Crippen LogP contribution in [0.25, 0.3) is 0 Å². The summed E-state index contributed by atoms with van der Waals surface area (Å²) in [6.07, 6.45) is 1.40. The fourth-order valence-corrected chi connectivity index (χ4v) is 2.57. The predicted octanol–water partition coefficient (Wildman–Crippen LogP) is 2.09. The Hall–Kier alpha value is -2.15. The lowest BCUT2D eigenvalue weighted by atomic mass is 10.1. The Kier molecular flexibility index (Phi) is 4.37. The molecular formula is C15H16BrN3O3. The Labute approximate surface area is 136 Å². The summed E-state index contributed by atoms with van der Waals surface area (Å²) in [4.78, 5) is 39.1. The lowest BCUT2D eigenvalue weighted by Crippen LogP contribution is -2.55. The topological polar surface area (TPSA) is 69.7 Å². The molecule has 0 radical (unpaired) electrons. The van der Waals surface area contributed by atoms with Crippen molar-refractivity contribution >= 4 is 39.5 Å². The average molecular weight is 366 g/mol. The van der Waals surface area contributed by atoms with Gasteiger partial charge in [0, 0.05) is 24.8 Å². The number of hydrogen-bond donors (Lipinski definition) is 1. The molecule has 1 N–H and O–H groups in total. The molecular weight excluding hydrogens is 350 g/mol. The van der Waals surface area contributed by atoms with Crippen LogP contribution in [0.1, 0.15) is 11.1 Å². The highest BCUT2D eigenvalue weighted by Gasteiger charge is 2.37. The van der Waals surface area contributed by atoms with Crippen LogP contribution in [0.4, 0.5) is 10.5 Å². The first kappa shape index (κ1) is 16.2. The second-order valence-electron chi connectivity index (χ2n) is 5.22. The summed E-state index contributed by atoms with van der Waals surface area (Å²) in [7, 11) is 3.40. The first-order valence-corrected chi connectivity index (χ1v) is 7.37. The third-order valence-corrected chi connectivity index (χ3v) is 4.28. The quantitative estimate of drug-likeness (QED) is 0.643. The number of nitrogens with zero attached hydrogens (tertiary/aromatic N) is 2. The molecule has 7 heteroatoms. The van der Waals surface area contributed by atoms with Crippen molar-refractivity contribution in [3.05, 3.63) is 39.5 Å². The maximum atomic E-state index is 12.6. The molecule has 1 aromatic carbocycles. The highest BCUT2D eigenvalue weighted by Crippen LogP contribution is 2.30. The predicted molar refractivity (Wildman–Crippen MR) is 86.4 cm³/mol. The number of anilines is 1. The van der Waals surface area contributed by atoms with Crippen LogP contribution in [0.2, 0.25) is 0 Å². The first-order chi connectivity index (χ1) is 10.2. The number of barbiturate groups is 1. The van der Waals surface area contributed by atoms with Crippen molar-refractivity contribution in [2.24, 2.45) is 0 Å². The van der Waals surface area contributed by atoms with E-state index in [2.05, 4.69) is 21.2 Å². The molecule has 0 aromatic heterocycles. The lowest BCUT2D eigenvalue weighted by molar-refractivity contribution is -0.122. The van der Waals surface area contributed by atoms with Gasteiger partial charge in [-0.1, -0.05) is 15.9 Å². The number of carbonyl (C=O) groups is 3. The number of amides is 4. The fourth-order valence-electron chi connectivity index (χ4n) is 2.14. The summed E-state index contributed by atoms with van der Waals surface area (Å²) in [6.45, 7) is 3.71. The zero-order valence-corrected chi connectivity index (χ0v) is 14.3. The van der Waals surface area contributed by atoms with Gasteiger partial charge in [0.1, 0.15) is 5.57 Å². The summed E-state index contributed by atoms with van der Waals surface area (Å²) < 4.78 is 0.888. The molecule has 1 aliphatic rings. The molecule has 0 unspecified atom stereocenters. The Balaban J connectivity index is 2.55. The van der Waals surface area contributed by atoms with Crippen LogP contribution in [-0.4, -0.2) is 36.8 Å². The summed E-state index contributed by atoms with van der Waals surface area (Å²) >= 11 is 3.41. The van der Waals surface area contributed by atoms with Gasteiger partial charge in [-0.2, -0.15) is 0 Å². The van der Waals surface area contributed by atoms with E-state index in [1.807, 2.05) is 13.8 Å². The highest BCUT2D eigenvalue weighted by molar-refractivity contribution is 9.10. The third kappa shape index (κ3) is 2.76. The number of nitrogens with one attached hydrogen (secondary N) is 1. The molecule has 0 bridgehead atoms. The van der Waals surface area contributed by atoms with Crippen LogP contribution >= 0.6 is 15.9 Å². The van der Waals surface area contributed by atoms with E-state index < -0.39 is 17.8 Å². The second kappa shape index (κ2) is 5.92. The fraction of sp³-hybridized carbons (Fsp3) is 0.267. The average Bonchev–Trinajstić information content (AvgIpc) is 2.43. The molecule has 4 amide bonds. The number of halogens is 1. The molecule has 0 aliphatic carbocycles. The van der Waals surface area contributed by atoms with E-state index in [4.69, 9.17) is 0 Å². The zero-order chi connectivity index (χ0) is 16.6. The SMILES string of the molecule is Cc1c(Br)ccc(N2C(=O)NC(=O)/C(=C\N(C)C)C2=O)c1C. The van der Waals surface area contributed by atoms with Gasteiger partial charge in [0.15, 0.2) is 0 Å². The van der Waals surface area contributed by atoms with E-state index in [0.29, 0.717) is 5.69 Å². The number of carbonyl (C=O) groups excluding carboxylic acids is 3. The Morgan fingerprint density at radius 3 is 2.36 bits per heavy atom. The van der Waals surface area contributed by atoms with Crippen molar-refractivity contribution in [1.82, 2.24) is 10.2 Å². The number of urea groups is 1. The van der Waals surface area contributed by atoms with Crippen LogP contribution < -0.4 is 10.2 Å². The Morgan fingerprint density at radius 1 is 1.14 bits per heavy atom. The van der Waals surface area contributed by atoms with Crippen molar-refractivity contribution in [1.29, 1.82) is 0 Å². The summed E-state index contributed by atoms with van der Waals surface area (Å²) in [5.74, 6) is -1.32. The van der Waals surface area contributed by atoms with E-state index in [9.17, 15) is 14.4 Å². The van der Waals surface area contributed by atoms with E-state index in [1.165, 1.54) is 6.20 Å². The van der Waals surface area contributed by atoms with Crippen molar-refractivity contribution in [2.75, 3.05) is 19.0 Å². The number of hydrogen-bond acceptors (Lipinski definition) is 4. The van der Waals surface area contributed by atoms with Gasteiger partial charge in [0.25, 0.3) is 11.8 Å². The lowest BCUT2D eigenvalue weighted by Gasteiger charge is -2.28. The molecule has 22 heavy (non-hydrogen) atoms. The van der Waals surface area contributed by atoms with Gasteiger partial charge < -0.3 is 4.90 Å². The normalized spacial score (nSPS) is 17.0. The van der Waals surface area contributed by atoms with Crippen LogP contribution in [0.3, 0.4) is 0 Å². The van der Waals surface area contributed by atoms with Crippen molar-refractivity contribution in [2.45, 2.75) is 13.8 Å². The van der Waals surface area contributed by atoms with Gasteiger partial charge >= 0.3 is 6.03 Å². The van der Waals surface area contributed by atoms with Crippen molar-refractivity contribution < 1.29 is 14.4 Å². The van der Waals surface area contributed by atoms with E-state index in [1.54, 1.807) is 31.1 Å². The number of imide groups is 2. The van der Waals surface area contributed by atoms with Gasteiger partial charge in [-0.15, -0.1) is 0 Å². The summed E-state index contributed by atoms with van der Waals surface area (Å²) in [6, 6.07) is 2.70. The molecule has 1 heterocycles. The number of rotatable bonds is 2. The van der Waals surface area contributed by atoms with E-state index in [0.717, 1.165) is 20.5 Å². The van der Waals surface area contributed by atoms with E-state index >= 15 is 0 Å². The zero-order valence-electron chi connectivity index (χ0n) is 12.7. The van der Waals surface area contributed by atoms with Crippen LogP contribution in [0.15, 0.2) is 28.4 Å². The van der Waals surface area contributed by atoms with Gasteiger partial charge in [-0.3, -0.25) is 14.9 Å². The van der Waals surface area contributed by atoms with Gasteiger partial charge in [-0.25, -0.2) is 9.69 Å². The van der Waals surface area contributed by atoms with Crippen molar-refractivity contribution in [3.8, 4) is 0 Å². The molecule has 0 spiro atoms. The van der Waals surface area contributed by atoms with Crippen LogP contribution in [-0.2, 0) is 9.59 Å². The molecule has 1 aromatic rings. The van der Waals surface area contributed by atoms with Gasteiger partial charge in [-0.05, 0) is 37.1 Å². The largest absolute Gasteiger partial charge is 0.383 e. The Morgan fingerprint density at radius 2 is 1.77 bits per heavy atom. The highest BCUT2D eigenvalue weighted by atomic mass is 79.9. The molecule has 2 rings (SSSR count). The minimum Gasteiger partial charge on any atom is -0.383 e. The Bertz CT molecular complexity index is 710. The molecule has 0 atom stereocenters. The second-order valence-corrected chi connectivity index (χ2v) is 6.08. The van der Waals surface area contributed by atoms with E-state index in [-0.39, 0.29) is 5.57 Å². The molecule has 0 saturated carbocycles. The monoisotopic (exact) mass is 365 g/mol. The minimum atomic E-state index is -0.740. The molecule has 1 aliphatic heterocycles. The minimum absolute atomic E-state index is 0.0791. The van der Waals surface area contributed by atoms with Crippen LogP contribution in [0, 0.1) is 13.8 Å². The third-order valence-electron chi connectivity index (χ3n) is 3.42. The summed E-state index contributed by atoms with van der Waals surface area (Å²) in [5, 5.41) is 2.20. The maximum Gasteiger partial charge on any atom is 0.335 e. The first-order valence-electron chi connectivity index (χ1n) is 6.57. The van der Waals surface area contributed by atoms with Crippen molar-refractivity contribution in [3.63, 3.8) is 0 Å². The molecule has 1 fully saturated rings. The molecule has 116 valence electrons. The maximum absolute atomic E-state index is 12.6. The molecule has 6 nitrogen and oxygen atoms in total. The smallest absolute Gasteiger partial charge is 0.335 e.